The van der Waals surface area contributed by atoms with Crippen LogP contribution in [0.15, 0.2) is 48.5 Å². The van der Waals surface area contributed by atoms with Crippen LogP contribution in [-0.4, -0.2) is 41.6 Å². The molecule has 0 bridgehead atoms. The molecule has 5 nitrogen and oxygen atoms in total. The zero-order chi connectivity index (χ0) is 20.1. The Morgan fingerprint density at radius 3 is 2.61 bits per heavy atom. The third-order valence-corrected chi connectivity index (χ3v) is 6.14. The summed E-state index contributed by atoms with van der Waals surface area (Å²) in [6, 6.07) is 14.7. The molecule has 4 rings (SSSR count). The molecule has 3 N–H and O–H groups in total. The van der Waals surface area contributed by atoms with Gasteiger partial charge in [-0.05, 0) is 43.9 Å². The number of fused-ring (bicyclic) bond motifs is 1. The molecule has 2 aromatic carbocycles. The molecule has 2 aliphatic heterocycles. The van der Waals surface area contributed by atoms with Crippen molar-refractivity contribution in [3.05, 3.63) is 59.7 Å². The fraction of sp³-hybridized carbons (Fsp3) is 0.409. The summed E-state index contributed by atoms with van der Waals surface area (Å²) >= 11 is 0. The average Bonchev–Trinajstić information content (AvgIpc) is 3.09. The molecule has 0 aliphatic carbocycles. The van der Waals surface area contributed by atoms with Crippen LogP contribution in [0.25, 0.3) is 0 Å². The molecule has 28 heavy (non-hydrogen) atoms. The molecule has 0 spiro atoms. The van der Waals surface area contributed by atoms with Gasteiger partial charge in [0.2, 0.25) is 0 Å². The quantitative estimate of drug-likeness (QED) is 0.638. The minimum absolute atomic E-state index is 0.0670. The average molecular weight is 376 g/mol. The Kier molecular flexibility index (Phi) is 4.62. The van der Waals surface area contributed by atoms with Gasteiger partial charge < -0.3 is 15.6 Å². The molecule has 144 valence electrons. The summed E-state index contributed by atoms with van der Waals surface area (Å²) in [6.07, 6.45) is 0.388. The molecule has 2 aliphatic rings. The molecule has 0 saturated carbocycles. The van der Waals surface area contributed by atoms with E-state index in [1.165, 1.54) is 0 Å². The third kappa shape index (κ3) is 3.06. The van der Waals surface area contributed by atoms with Gasteiger partial charge in [0.25, 0.3) is 0 Å². The predicted molar refractivity (Wildman–Crippen MR) is 110 cm³/mol. The van der Waals surface area contributed by atoms with Crippen LogP contribution in [0.3, 0.4) is 0 Å². The fourth-order valence-electron chi connectivity index (χ4n) is 4.86. The SMILES string of the molecule is [B]c1cc(C2[C@H]3CC[C@H]([C@H](O)c4ccccc4)N3C(=O)OC2(C)C)ccc1N. The number of hydrogen-bond acceptors (Lipinski definition) is 4. The zero-order valence-electron chi connectivity index (χ0n) is 16.2. The Balaban J connectivity index is 1.70. The van der Waals surface area contributed by atoms with Crippen molar-refractivity contribution in [1.29, 1.82) is 0 Å². The van der Waals surface area contributed by atoms with Gasteiger partial charge in [-0.25, -0.2) is 4.79 Å². The number of anilines is 1. The number of rotatable bonds is 3. The Labute approximate surface area is 166 Å². The van der Waals surface area contributed by atoms with Gasteiger partial charge in [-0.1, -0.05) is 47.9 Å². The summed E-state index contributed by atoms with van der Waals surface area (Å²) < 4.78 is 5.84. The van der Waals surface area contributed by atoms with E-state index in [0.29, 0.717) is 17.6 Å². The van der Waals surface area contributed by atoms with E-state index >= 15 is 0 Å². The van der Waals surface area contributed by atoms with Crippen LogP contribution in [0.2, 0.25) is 0 Å². The van der Waals surface area contributed by atoms with Crippen LogP contribution in [0.5, 0.6) is 0 Å². The normalized spacial score (nSPS) is 27.2. The summed E-state index contributed by atoms with van der Waals surface area (Å²) in [4.78, 5) is 14.6. The van der Waals surface area contributed by atoms with Crippen molar-refractivity contribution < 1.29 is 14.6 Å². The van der Waals surface area contributed by atoms with E-state index in [-0.39, 0.29) is 24.1 Å². The number of nitrogen functional groups attached to an aromatic ring is 1. The second-order valence-corrected chi connectivity index (χ2v) is 8.31. The molecule has 2 saturated heterocycles. The van der Waals surface area contributed by atoms with Crippen LogP contribution in [-0.2, 0) is 4.74 Å². The monoisotopic (exact) mass is 376 g/mol. The van der Waals surface area contributed by atoms with Crippen molar-refractivity contribution in [2.75, 3.05) is 5.73 Å². The number of aliphatic hydroxyl groups excluding tert-OH is 1. The molecular weight excluding hydrogens is 351 g/mol. The second-order valence-electron chi connectivity index (χ2n) is 8.31. The lowest BCUT2D eigenvalue weighted by molar-refractivity contribution is -0.0751. The molecule has 6 heteroatoms. The van der Waals surface area contributed by atoms with Crippen LogP contribution in [0, 0.1) is 0 Å². The lowest BCUT2D eigenvalue weighted by Crippen LogP contribution is -2.58. The van der Waals surface area contributed by atoms with Gasteiger partial charge in [0.15, 0.2) is 0 Å². The first-order valence-corrected chi connectivity index (χ1v) is 9.69. The highest BCUT2D eigenvalue weighted by atomic mass is 16.6. The van der Waals surface area contributed by atoms with Crippen molar-refractivity contribution in [2.45, 2.75) is 56.4 Å². The van der Waals surface area contributed by atoms with Gasteiger partial charge in [0.1, 0.15) is 13.4 Å². The van der Waals surface area contributed by atoms with E-state index in [4.69, 9.17) is 18.3 Å². The van der Waals surface area contributed by atoms with Crippen molar-refractivity contribution in [3.63, 3.8) is 0 Å². The van der Waals surface area contributed by atoms with Crippen molar-refractivity contribution in [2.24, 2.45) is 0 Å². The van der Waals surface area contributed by atoms with Gasteiger partial charge in [-0.3, -0.25) is 4.90 Å². The minimum Gasteiger partial charge on any atom is -0.443 e. The lowest BCUT2D eigenvalue weighted by Gasteiger charge is -2.48. The van der Waals surface area contributed by atoms with Gasteiger partial charge in [0, 0.05) is 17.6 Å². The van der Waals surface area contributed by atoms with E-state index in [2.05, 4.69) is 0 Å². The summed E-state index contributed by atoms with van der Waals surface area (Å²) in [7, 11) is 6.05. The third-order valence-electron chi connectivity index (χ3n) is 6.14. The largest absolute Gasteiger partial charge is 0.443 e. The molecule has 1 unspecified atom stereocenters. The predicted octanol–water partition coefficient (Wildman–Crippen LogP) is 2.64. The number of cyclic esters (lactones) is 1. The lowest BCUT2D eigenvalue weighted by atomic mass is 9.75. The first kappa shape index (κ1) is 18.9. The number of aliphatic hydroxyl groups is 1. The van der Waals surface area contributed by atoms with Crippen molar-refractivity contribution in [1.82, 2.24) is 4.90 Å². The van der Waals surface area contributed by atoms with E-state index in [1.807, 2.05) is 56.3 Å². The number of carbonyl (C=O) groups excluding carboxylic acids is 1. The Morgan fingerprint density at radius 2 is 1.93 bits per heavy atom. The van der Waals surface area contributed by atoms with E-state index in [1.54, 1.807) is 11.0 Å². The van der Waals surface area contributed by atoms with Crippen molar-refractivity contribution in [3.8, 4) is 0 Å². The Hall–Kier alpha value is -2.47. The van der Waals surface area contributed by atoms with E-state index in [9.17, 15) is 9.90 Å². The maximum atomic E-state index is 12.9. The maximum Gasteiger partial charge on any atom is 0.410 e. The molecule has 2 radical (unpaired) electrons. The van der Waals surface area contributed by atoms with Gasteiger partial charge >= 0.3 is 6.09 Å². The highest BCUT2D eigenvalue weighted by molar-refractivity contribution is 6.35. The minimum atomic E-state index is -0.753. The standard InChI is InChI=1S/C22H25BN2O3/c1-22(2)19(14-8-9-16(24)15(23)12-14)17-10-11-18(25(17)21(27)28-22)20(26)13-6-4-3-5-7-13/h3-9,12,17-20,26H,10-11,24H2,1-2H3/t17-,18-,19?,20-/m1/s1. The number of carbonyl (C=O) groups is 1. The van der Waals surface area contributed by atoms with Crippen LogP contribution in [0.4, 0.5) is 10.5 Å². The number of amides is 1. The summed E-state index contributed by atoms with van der Waals surface area (Å²) in [5.74, 6) is -0.0685. The highest BCUT2D eigenvalue weighted by Crippen LogP contribution is 2.48. The number of benzene rings is 2. The molecule has 2 heterocycles. The molecular formula is C22H25BN2O3. The van der Waals surface area contributed by atoms with E-state index in [0.717, 1.165) is 17.5 Å². The number of hydrogen-bond donors (Lipinski definition) is 2. The number of nitrogens with two attached hydrogens (primary N) is 1. The molecule has 4 atom stereocenters. The van der Waals surface area contributed by atoms with Gasteiger partial charge in [0.05, 0.1) is 12.1 Å². The van der Waals surface area contributed by atoms with Crippen molar-refractivity contribution >= 4 is 25.1 Å². The summed E-state index contributed by atoms with van der Waals surface area (Å²) in [5, 5.41) is 11.0. The Bertz CT molecular complexity index is 887. The Morgan fingerprint density at radius 1 is 1.21 bits per heavy atom. The van der Waals surface area contributed by atoms with Gasteiger partial charge in [-0.15, -0.1) is 0 Å². The first-order valence-electron chi connectivity index (χ1n) is 9.69. The molecule has 0 aromatic heterocycles. The van der Waals surface area contributed by atoms with Gasteiger partial charge in [-0.2, -0.15) is 0 Å². The molecule has 1 amide bonds. The highest BCUT2D eigenvalue weighted by Gasteiger charge is 2.55. The topological polar surface area (TPSA) is 75.8 Å². The number of ether oxygens (including phenoxy) is 1. The van der Waals surface area contributed by atoms with Crippen LogP contribution >= 0.6 is 0 Å². The second kappa shape index (κ2) is 6.85. The van der Waals surface area contributed by atoms with Crippen LogP contribution in [0.1, 0.15) is 49.8 Å². The fourth-order valence-corrected chi connectivity index (χ4v) is 4.86. The number of nitrogens with zero attached hydrogens (tertiary/aromatic N) is 1. The van der Waals surface area contributed by atoms with Crippen LogP contribution < -0.4 is 11.2 Å². The maximum absolute atomic E-state index is 12.9. The smallest absolute Gasteiger partial charge is 0.410 e. The van der Waals surface area contributed by atoms with E-state index < -0.39 is 11.7 Å². The summed E-state index contributed by atoms with van der Waals surface area (Å²) in [5.41, 5.74) is 8.06. The summed E-state index contributed by atoms with van der Waals surface area (Å²) in [6.45, 7) is 3.86. The zero-order valence-corrected chi connectivity index (χ0v) is 16.2. The molecule has 2 aromatic rings. The molecule has 2 fully saturated rings. The first-order chi connectivity index (χ1) is 13.3.